The van der Waals surface area contributed by atoms with Crippen LogP contribution < -0.4 is 14.2 Å². The Morgan fingerprint density at radius 3 is 2.29 bits per heavy atom. The van der Waals surface area contributed by atoms with Crippen LogP contribution in [0.15, 0.2) is 24.3 Å². The number of nitrogens with one attached hydrogen (secondary N) is 1. The fraction of sp³-hybridized carbons (Fsp3) is 0.385. The number of phenols is 1. The highest BCUT2D eigenvalue weighted by atomic mass is 16.5. The molecule has 34 heavy (non-hydrogen) atoms. The first-order chi connectivity index (χ1) is 16.4. The van der Waals surface area contributed by atoms with Crippen molar-refractivity contribution in [3.8, 4) is 34.3 Å². The summed E-state index contributed by atoms with van der Waals surface area (Å²) in [6, 6.07) is 7.01. The van der Waals surface area contributed by atoms with Crippen LogP contribution in [0, 0.1) is 13.8 Å². The van der Waals surface area contributed by atoms with Gasteiger partial charge in [-0.1, -0.05) is 19.4 Å². The molecule has 8 nitrogen and oxygen atoms in total. The van der Waals surface area contributed by atoms with E-state index < -0.39 is 6.04 Å². The average Bonchev–Trinajstić information content (AvgIpc) is 3.34. The quantitative estimate of drug-likeness (QED) is 0.497. The highest BCUT2D eigenvalue weighted by Crippen LogP contribution is 2.48. The van der Waals surface area contributed by atoms with E-state index in [4.69, 9.17) is 14.2 Å². The Kier molecular flexibility index (Phi) is 6.41. The summed E-state index contributed by atoms with van der Waals surface area (Å²) in [4.78, 5) is 15.3. The van der Waals surface area contributed by atoms with Crippen molar-refractivity contribution >= 4 is 5.91 Å². The van der Waals surface area contributed by atoms with Gasteiger partial charge in [0.1, 0.15) is 17.1 Å². The minimum atomic E-state index is -0.434. The van der Waals surface area contributed by atoms with E-state index in [-0.39, 0.29) is 11.7 Å². The zero-order valence-electron chi connectivity index (χ0n) is 20.5. The van der Waals surface area contributed by atoms with Crippen molar-refractivity contribution in [3.05, 3.63) is 52.2 Å². The van der Waals surface area contributed by atoms with Gasteiger partial charge in [0, 0.05) is 17.7 Å². The van der Waals surface area contributed by atoms with Gasteiger partial charge < -0.3 is 24.2 Å². The number of benzene rings is 2. The molecule has 1 atom stereocenters. The second-order valence-electron chi connectivity index (χ2n) is 8.55. The van der Waals surface area contributed by atoms with Crippen LogP contribution in [0.25, 0.3) is 11.3 Å². The highest BCUT2D eigenvalue weighted by Gasteiger charge is 2.43. The topological polar surface area (TPSA) is 96.9 Å². The van der Waals surface area contributed by atoms with Crippen LogP contribution in [0.3, 0.4) is 0 Å². The number of aryl methyl sites for hydroxylation is 2. The van der Waals surface area contributed by atoms with Crippen LogP contribution in [0.4, 0.5) is 0 Å². The number of unbranched alkanes of at least 4 members (excludes halogenated alkanes) is 1. The van der Waals surface area contributed by atoms with Crippen molar-refractivity contribution in [2.75, 3.05) is 27.9 Å². The molecule has 0 bridgehead atoms. The molecule has 0 saturated heterocycles. The van der Waals surface area contributed by atoms with E-state index in [1.54, 1.807) is 27.4 Å². The van der Waals surface area contributed by atoms with E-state index in [2.05, 4.69) is 17.1 Å². The molecular formula is C26H31N3O5. The third kappa shape index (κ3) is 3.73. The van der Waals surface area contributed by atoms with Gasteiger partial charge in [0.2, 0.25) is 5.75 Å². The van der Waals surface area contributed by atoms with Crippen LogP contribution in [-0.2, 0) is 0 Å². The number of rotatable bonds is 8. The van der Waals surface area contributed by atoms with E-state index in [9.17, 15) is 9.90 Å². The normalized spacial score (nSPS) is 14.9. The van der Waals surface area contributed by atoms with Gasteiger partial charge in [-0.2, -0.15) is 5.10 Å². The van der Waals surface area contributed by atoms with E-state index in [1.807, 2.05) is 36.9 Å². The predicted molar refractivity (Wildman–Crippen MR) is 129 cm³/mol. The Morgan fingerprint density at radius 2 is 1.74 bits per heavy atom. The summed E-state index contributed by atoms with van der Waals surface area (Å²) in [5.41, 5.74) is 5.00. The molecule has 2 heterocycles. The number of nitrogens with zero attached hydrogens (tertiary/aromatic N) is 2. The Bertz CT molecular complexity index is 1190. The standard InChI is InChI=1S/C26H31N3O5/c1-7-8-9-29-24(16-12-18(32-4)25(34-6)19(13-16)33-5)21-22(27-28-23(21)26(29)31)20-15(3)10-14(2)11-17(20)30/h10-13,24,30H,7-9H2,1-6H3,(H,27,28)/t24-/m0/s1. The molecule has 2 aromatic carbocycles. The lowest BCUT2D eigenvalue weighted by Gasteiger charge is -2.27. The number of amides is 1. The second-order valence-corrected chi connectivity index (χ2v) is 8.55. The molecule has 8 heteroatoms. The number of aromatic nitrogens is 2. The van der Waals surface area contributed by atoms with Crippen molar-refractivity contribution in [2.45, 2.75) is 39.7 Å². The first-order valence-corrected chi connectivity index (χ1v) is 11.4. The van der Waals surface area contributed by atoms with Crippen molar-refractivity contribution in [1.82, 2.24) is 15.1 Å². The minimum absolute atomic E-state index is 0.120. The minimum Gasteiger partial charge on any atom is -0.507 e. The van der Waals surface area contributed by atoms with E-state index in [0.29, 0.717) is 40.7 Å². The molecule has 1 aliphatic rings. The molecule has 180 valence electrons. The van der Waals surface area contributed by atoms with Gasteiger partial charge in [0.05, 0.1) is 27.4 Å². The molecule has 0 spiro atoms. The highest BCUT2D eigenvalue weighted by molar-refractivity contribution is 6.00. The Labute approximate surface area is 199 Å². The lowest BCUT2D eigenvalue weighted by Crippen LogP contribution is -2.30. The van der Waals surface area contributed by atoms with Gasteiger partial charge >= 0.3 is 0 Å². The molecule has 0 saturated carbocycles. The Balaban J connectivity index is 1.97. The summed E-state index contributed by atoms with van der Waals surface area (Å²) in [7, 11) is 4.69. The summed E-state index contributed by atoms with van der Waals surface area (Å²) in [6.07, 6.45) is 1.80. The fourth-order valence-corrected chi connectivity index (χ4v) is 4.81. The number of fused-ring (bicyclic) bond motifs is 1. The SMILES string of the molecule is CCCCN1C(=O)c2[nH]nc(-c3c(C)cc(C)cc3O)c2[C@@H]1c1cc(OC)c(OC)c(OC)c1. The van der Waals surface area contributed by atoms with Crippen LogP contribution in [-0.4, -0.2) is 54.0 Å². The molecule has 3 aromatic rings. The van der Waals surface area contributed by atoms with Crippen molar-refractivity contribution in [3.63, 3.8) is 0 Å². The first kappa shape index (κ1) is 23.5. The number of carbonyl (C=O) groups excluding carboxylic acids is 1. The fourth-order valence-electron chi connectivity index (χ4n) is 4.81. The Morgan fingerprint density at radius 1 is 1.06 bits per heavy atom. The lowest BCUT2D eigenvalue weighted by atomic mass is 9.92. The molecule has 1 aliphatic heterocycles. The van der Waals surface area contributed by atoms with Crippen LogP contribution in [0.5, 0.6) is 23.0 Å². The van der Waals surface area contributed by atoms with Gasteiger partial charge in [0.25, 0.3) is 5.91 Å². The molecule has 4 rings (SSSR count). The van der Waals surface area contributed by atoms with E-state index in [0.717, 1.165) is 35.1 Å². The van der Waals surface area contributed by atoms with Crippen LogP contribution in [0.2, 0.25) is 0 Å². The Hall–Kier alpha value is -3.68. The van der Waals surface area contributed by atoms with Crippen LogP contribution in [0.1, 0.15) is 58.5 Å². The number of aromatic hydroxyl groups is 1. The summed E-state index contributed by atoms with van der Waals surface area (Å²) in [6.45, 7) is 6.54. The summed E-state index contributed by atoms with van der Waals surface area (Å²) < 4.78 is 16.7. The summed E-state index contributed by atoms with van der Waals surface area (Å²) in [5, 5.41) is 18.3. The van der Waals surface area contributed by atoms with Gasteiger partial charge in [-0.05, 0) is 55.2 Å². The van der Waals surface area contributed by atoms with Crippen molar-refractivity contribution in [2.24, 2.45) is 0 Å². The lowest BCUT2D eigenvalue weighted by molar-refractivity contribution is 0.0741. The maximum atomic E-state index is 13.5. The number of methoxy groups -OCH3 is 3. The van der Waals surface area contributed by atoms with Gasteiger partial charge in [-0.15, -0.1) is 0 Å². The maximum Gasteiger partial charge on any atom is 0.273 e. The number of hydrogen-bond acceptors (Lipinski definition) is 6. The summed E-state index contributed by atoms with van der Waals surface area (Å²) in [5.74, 6) is 1.51. The molecule has 0 unspecified atom stereocenters. The molecule has 2 N–H and O–H groups in total. The number of carbonyl (C=O) groups is 1. The smallest absolute Gasteiger partial charge is 0.273 e. The molecule has 1 amide bonds. The molecular weight excluding hydrogens is 434 g/mol. The van der Waals surface area contributed by atoms with Gasteiger partial charge in [0.15, 0.2) is 11.5 Å². The number of ether oxygens (including phenoxy) is 3. The van der Waals surface area contributed by atoms with Gasteiger partial charge in [-0.3, -0.25) is 9.89 Å². The molecule has 0 aliphatic carbocycles. The zero-order valence-corrected chi connectivity index (χ0v) is 20.5. The predicted octanol–water partition coefficient (Wildman–Crippen LogP) is 4.77. The van der Waals surface area contributed by atoms with Crippen molar-refractivity contribution in [1.29, 1.82) is 0 Å². The molecule has 0 fully saturated rings. The number of H-pyrrole nitrogens is 1. The number of aromatic amines is 1. The van der Waals surface area contributed by atoms with Crippen molar-refractivity contribution < 1.29 is 24.1 Å². The average molecular weight is 466 g/mol. The third-order valence-electron chi connectivity index (χ3n) is 6.32. The summed E-state index contributed by atoms with van der Waals surface area (Å²) >= 11 is 0. The second kappa shape index (κ2) is 9.29. The largest absolute Gasteiger partial charge is 0.507 e. The zero-order chi connectivity index (χ0) is 24.6. The third-order valence-corrected chi connectivity index (χ3v) is 6.32. The number of hydrogen-bond donors (Lipinski definition) is 2. The monoisotopic (exact) mass is 465 g/mol. The van der Waals surface area contributed by atoms with Crippen LogP contribution >= 0.6 is 0 Å². The first-order valence-electron chi connectivity index (χ1n) is 11.4. The van der Waals surface area contributed by atoms with E-state index in [1.165, 1.54) is 0 Å². The van der Waals surface area contributed by atoms with Gasteiger partial charge in [-0.25, -0.2) is 0 Å². The maximum absolute atomic E-state index is 13.5. The van der Waals surface area contributed by atoms with E-state index >= 15 is 0 Å². The number of phenolic OH excluding ortho intramolecular Hbond substituents is 1. The molecule has 0 radical (unpaired) electrons. The molecule has 1 aromatic heterocycles.